The zero-order valence-corrected chi connectivity index (χ0v) is 11.9. The van der Waals surface area contributed by atoms with Gasteiger partial charge in [-0.05, 0) is 39.3 Å². The predicted molar refractivity (Wildman–Crippen MR) is 79.1 cm³/mol. The molecule has 92 valence electrons. The molecule has 2 heterocycles. The monoisotopic (exact) mass is 352 g/mol. The number of hydrogen-bond donors (Lipinski definition) is 2. The van der Waals surface area contributed by atoms with Gasteiger partial charge in [0, 0.05) is 35.6 Å². The summed E-state index contributed by atoms with van der Waals surface area (Å²) in [5, 5.41) is 6.58. The number of anilines is 1. The molecular weight excluding hydrogens is 339 g/mol. The third-order valence-electron chi connectivity index (χ3n) is 2.97. The lowest BCUT2D eigenvalue weighted by atomic mass is 10.1. The van der Waals surface area contributed by atoms with E-state index in [9.17, 15) is 0 Å². The quantitative estimate of drug-likeness (QED) is 0.833. The average Bonchev–Trinajstić information content (AvgIpc) is 2.85. The van der Waals surface area contributed by atoms with Gasteiger partial charge in [-0.3, -0.25) is 0 Å². The molecule has 0 spiro atoms. The van der Waals surface area contributed by atoms with Gasteiger partial charge < -0.3 is 10.6 Å². The Labute approximate surface area is 119 Å². The Hall–Kier alpha value is -1.21. The fraction of sp³-hybridized carbons (Fsp3) is 0.231. The van der Waals surface area contributed by atoms with Gasteiger partial charge in [0.1, 0.15) is 0 Å². The van der Waals surface area contributed by atoms with Crippen molar-refractivity contribution < 1.29 is 0 Å². The van der Waals surface area contributed by atoms with Gasteiger partial charge in [0.05, 0.1) is 0 Å². The molecule has 0 radical (unpaired) electrons. The SMILES string of the molecule is Ic1cnc(NCc2ccc3c(c2)CNC3)nc1. The molecule has 2 N–H and O–H groups in total. The van der Waals surface area contributed by atoms with Crippen LogP contribution in [-0.4, -0.2) is 9.97 Å². The van der Waals surface area contributed by atoms with Crippen LogP contribution in [0.3, 0.4) is 0 Å². The number of nitrogens with zero attached hydrogens (tertiary/aromatic N) is 2. The van der Waals surface area contributed by atoms with Gasteiger partial charge in [0.2, 0.25) is 5.95 Å². The molecule has 1 aliphatic rings. The van der Waals surface area contributed by atoms with Crippen LogP contribution in [0.5, 0.6) is 0 Å². The number of rotatable bonds is 3. The van der Waals surface area contributed by atoms with Crippen LogP contribution >= 0.6 is 22.6 Å². The van der Waals surface area contributed by atoms with Crippen LogP contribution in [0.2, 0.25) is 0 Å². The van der Waals surface area contributed by atoms with Crippen molar-refractivity contribution in [2.24, 2.45) is 0 Å². The smallest absolute Gasteiger partial charge is 0.222 e. The molecule has 0 bridgehead atoms. The summed E-state index contributed by atoms with van der Waals surface area (Å²) in [4.78, 5) is 8.45. The van der Waals surface area contributed by atoms with E-state index in [0.717, 1.165) is 23.2 Å². The molecule has 0 atom stereocenters. The molecule has 2 aromatic rings. The summed E-state index contributed by atoms with van der Waals surface area (Å²) in [6, 6.07) is 6.60. The number of hydrogen-bond acceptors (Lipinski definition) is 4. The molecule has 1 aromatic carbocycles. The summed E-state index contributed by atoms with van der Waals surface area (Å²) < 4.78 is 1.04. The molecule has 0 saturated carbocycles. The molecule has 5 heteroatoms. The van der Waals surface area contributed by atoms with Crippen LogP contribution < -0.4 is 10.6 Å². The molecular formula is C13H13IN4. The molecule has 0 fully saturated rings. The summed E-state index contributed by atoms with van der Waals surface area (Å²) in [6.45, 7) is 2.72. The third-order valence-corrected chi connectivity index (χ3v) is 3.53. The maximum Gasteiger partial charge on any atom is 0.222 e. The van der Waals surface area contributed by atoms with Crippen LogP contribution in [0, 0.1) is 3.57 Å². The first-order valence-electron chi connectivity index (χ1n) is 5.84. The van der Waals surface area contributed by atoms with Crippen LogP contribution in [0.1, 0.15) is 16.7 Å². The predicted octanol–water partition coefficient (Wildman–Crippen LogP) is 2.30. The lowest BCUT2D eigenvalue weighted by Crippen LogP contribution is -2.04. The molecule has 0 aliphatic carbocycles. The maximum atomic E-state index is 4.22. The lowest BCUT2D eigenvalue weighted by Gasteiger charge is -2.06. The minimum absolute atomic E-state index is 0.675. The number of benzene rings is 1. The summed E-state index contributed by atoms with van der Waals surface area (Å²) in [5.74, 6) is 0.675. The molecule has 0 amide bonds. The molecule has 0 unspecified atom stereocenters. The molecule has 4 nitrogen and oxygen atoms in total. The van der Waals surface area contributed by atoms with Crippen molar-refractivity contribution in [1.29, 1.82) is 0 Å². The lowest BCUT2D eigenvalue weighted by molar-refractivity contribution is 0.764. The number of aromatic nitrogens is 2. The van der Waals surface area contributed by atoms with E-state index in [2.05, 4.69) is 61.4 Å². The van der Waals surface area contributed by atoms with Gasteiger partial charge >= 0.3 is 0 Å². The first-order valence-corrected chi connectivity index (χ1v) is 6.92. The fourth-order valence-electron chi connectivity index (χ4n) is 2.04. The van der Waals surface area contributed by atoms with Gasteiger partial charge in [-0.15, -0.1) is 0 Å². The standard InChI is InChI=1S/C13H13IN4/c14-12-7-17-13(18-8-12)16-4-9-1-2-10-5-15-6-11(10)3-9/h1-3,7-8,15H,4-6H2,(H,16,17,18). The molecule has 0 saturated heterocycles. The molecule has 1 aromatic heterocycles. The van der Waals surface area contributed by atoms with E-state index in [0.29, 0.717) is 5.95 Å². The van der Waals surface area contributed by atoms with Crippen molar-refractivity contribution in [1.82, 2.24) is 15.3 Å². The second kappa shape index (κ2) is 5.19. The Kier molecular flexibility index (Phi) is 3.42. The average molecular weight is 352 g/mol. The number of fused-ring (bicyclic) bond motifs is 1. The summed E-state index contributed by atoms with van der Waals surface area (Å²) in [5.41, 5.74) is 4.07. The third kappa shape index (κ3) is 2.62. The molecule has 3 rings (SSSR count). The van der Waals surface area contributed by atoms with Crippen LogP contribution in [0.25, 0.3) is 0 Å². The largest absolute Gasteiger partial charge is 0.350 e. The van der Waals surface area contributed by atoms with Crippen molar-refractivity contribution in [2.75, 3.05) is 5.32 Å². The minimum Gasteiger partial charge on any atom is -0.350 e. The summed E-state index contributed by atoms with van der Waals surface area (Å²) >= 11 is 2.20. The van der Waals surface area contributed by atoms with Crippen molar-refractivity contribution in [2.45, 2.75) is 19.6 Å². The van der Waals surface area contributed by atoms with Gasteiger partial charge in [0.25, 0.3) is 0 Å². The van der Waals surface area contributed by atoms with E-state index < -0.39 is 0 Å². The van der Waals surface area contributed by atoms with E-state index in [-0.39, 0.29) is 0 Å². The van der Waals surface area contributed by atoms with E-state index in [1.807, 2.05) is 12.4 Å². The fourth-order valence-corrected chi connectivity index (χ4v) is 2.32. The highest BCUT2D eigenvalue weighted by Crippen LogP contribution is 2.17. The highest BCUT2D eigenvalue weighted by Gasteiger charge is 2.09. The van der Waals surface area contributed by atoms with Gasteiger partial charge in [0.15, 0.2) is 0 Å². The minimum atomic E-state index is 0.675. The molecule has 1 aliphatic heterocycles. The number of halogens is 1. The van der Waals surface area contributed by atoms with Crippen molar-refractivity contribution in [3.8, 4) is 0 Å². The van der Waals surface area contributed by atoms with E-state index >= 15 is 0 Å². The maximum absolute atomic E-state index is 4.22. The second-order valence-electron chi connectivity index (χ2n) is 4.29. The molecule has 18 heavy (non-hydrogen) atoms. The zero-order chi connectivity index (χ0) is 12.4. The summed E-state index contributed by atoms with van der Waals surface area (Å²) in [6.07, 6.45) is 3.62. The Balaban J connectivity index is 1.68. The zero-order valence-electron chi connectivity index (χ0n) is 9.78. The van der Waals surface area contributed by atoms with Gasteiger partial charge in [-0.2, -0.15) is 0 Å². The van der Waals surface area contributed by atoms with Crippen molar-refractivity contribution in [3.05, 3.63) is 50.9 Å². The topological polar surface area (TPSA) is 49.8 Å². The van der Waals surface area contributed by atoms with E-state index in [1.54, 1.807) is 0 Å². The van der Waals surface area contributed by atoms with Crippen LogP contribution in [0.4, 0.5) is 5.95 Å². The number of nitrogens with one attached hydrogen (secondary N) is 2. The Bertz CT molecular complexity index is 553. The summed E-state index contributed by atoms with van der Waals surface area (Å²) in [7, 11) is 0. The van der Waals surface area contributed by atoms with Gasteiger partial charge in [-0.1, -0.05) is 18.2 Å². The first kappa shape index (κ1) is 11.9. The highest BCUT2D eigenvalue weighted by molar-refractivity contribution is 14.1. The normalized spacial score (nSPS) is 13.4. The van der Waals surface area contributed by atoms with Crippen molar-refractivity contribution in [3.63, 3.8) is 0 Å². The highest BCUT2D eigenvalue weighted by atomic mass is 127. The first-order chi connectivity index (χ1) is 8.81. The van der Waals surface area contributed by atoms with E-state index in [4.69, 9.17) is 0 Å². The van der Waals surface area contributed by atoms with Crippen molar-refractivity contribution >= 4 is 28.5 Å². The Morgan fingerprint density at radius 1 is 1.17 bits per heavy atom. The van der Waals surface area contributed by atoms with E-state index in [1.165, 1.54) is 16.7 Å². The van der Waals surface area contributed by atoms with Crippen LogP contribution in [-0.2, 0) is 19.6 Å². The Morgan fingerprint density at radius 2 is 1.94 bits per heavy atom. The second-order valence-corrected chi connectivity index (χ2v) is 5.53. The Morgan fingerprint density at radius 3 is 2.78 bits per heavy atom. The van der Waals surface area contributed by atoms with Gasteiger partial charge in [-0.25, -0.2) is 9.97 Å². The van der Waals surface area contributed by atoms with Crippen LogP contribution in [0.15, 0.2) is 30.6 Å².